The van der Waals surface area contributed by atoms with Crippen LogP contribution < -0.4 is 0 Å². The normalized spacial score (nSPS) is 11.1. The summed E-state index contributed by atoms with van der Waals surface area (Å²) in [7, 11) is 0. The Hall–Kier alpha value is -2.65. The molecule has 0 aliphatic heterocycles. The zero-order valence-corrected chi connectivity index (χ0v) is 14.3. The van der Waals surface area contributed by atoms with Gasteiger partial charge in [-0.25, -0.2) is 4.68 Å². The average molecular weight is 375 g/mol. The molecular formula is C15H11ClN6O2S. The van der Waals surface area contributed by atoms with Gasteiger partial charge >= 0.3 is 0 Å². The Balaban J connectivity index is 1.43. The molecule has 3 heterocycles. The molecule has 0 amide bonds. The summed E-state index contributed by atoms with van der Waals surface area (Å²) in [4.78, 5) is 4.37. The number of hydrogen-bond acceptors (Lipinski definition) is 8. The molecule has 8 nitrogen and oxygen atoms in total. The maximum absolute atomic E-state index is 5.98. The molecule has 0 bridgehead atoms. The van der Waals surface area contributed by atoms with Crippen LogP contribution in [0.15, 0.2) is 56.8 Å². The highest BCUT2D eigenvalue weighted by molar-refractivity contribution is 7.98. The van der Waals surface area contributed by atoms with Crippen LogP contribution >= 0.6 is 23.4 Å². The topological polar surface area (TPSA) is 95.7 Å². The summed E-state index contributed by atoms with van der Waals surface area (Å²) < 4.78 is 12.2. The standard InChI is InChI=1S/C15H11ClN6O2S/c16-11-4-1-3-10(7-11)14-17-13(24-19-14)9-25-15-18-20-21-22(15)8-12-5-2-6-23-12/h1-7H,8-9H2. The van der Waals surface area contributed by atoms with Crippen molar-refractivity contribution in [2.45, 2.75) is 17.5 Å². The lowest BCUT2D eigenvalue weighted by Crippen LogP contribution is -2.03. The average Bonchev–Trinajstić information content (AvgIpc) is 3.36. The second-order valence-corrected chi connectivity index (χ2v) is 6.39. The fourth-order valence-electron chi connectivity index (χ4n) is 2.13. The molecule has 25 heavy (non-hydrogen) atoms. The SMILES string of the molecule is Clc1cccc(-c2noc(CSc3nnnn3Cc3ccco3)n2)c1. The van der Waals surface area contributed by atoms with Crippen molar-refractivity contribution < 1.29 is 8.94 Å². The van der Waals surface area contributed by atoms with Crippen molar-refractivity contribution in [1.29, 1.82) is 0 Å². The Morgan fingerprint density at radius 3 is 3.00 bits per heavy atom. The van der Waals surface area contributed by atoms with Crippen LogP contribution in [0.5, 0.6) is 0 Å². The van der Waals surface area contributed by atoms with E-state index in [1.54, 1.807) is 23.1 Å². The van der Waals surface area contributed by atoms with Crippen molar-refractivity contribution in [3.63, 3.8) is 0 Å². The van der Waals surface area contributed by atoms with E-state index in [1.807, 2.05) is 24.3 Å². The van der Waals surface area contributed by atoms with Gasteiger partial charge in [-0.3, -0.25) is 0 Å². The second kappa shape index (κ2) is 7.08. The van der Waals surface area contributed by atoms with Gasteiger partial charge in [-0.05, 0) is 34.7 Å². The molecule has 0 aliphatic carbocycles. The number of benzene rings is 1. The van der Waals surface area contributed by atoms with E-state index in [0.717, 1.165) is 11.3 Å². The smallest absolute Gasteiger partial charge is 0.237 e. The van der Waals surface area contributed by atoms with Crippen molar-refractivity contribution >= 4 is 23.4 Å². The highest BCUT2D eigenvalue weighted by Gasteiger charge is 2.13. The lowest BCUT2D eigenvalue weighted by atomic mass is 10.2. The van der Waals surface area contributed by atoms with Crippen molar-refractivity contribution in [1.82, 2.24) is 30.3 Å². The maximum atomic E-state index is 5.98. The molecule has 0 spiro atoms. The van der Waals surface area contributed by atoms with E-state index in [9.17, 15) is 0 Å². The third-order valence-electron chi connectivity index (χ3n) is 3.26. The minimum Gasteiger partial charge on any atom is -0.467 e. The Kier molecular flexibility index (Phi) is 4.49. The van der Waals surface area contributed by atoms with Crippen LogP contribution in [-0.2, 0) is 12.3 Å². The summed E-state index contributed by atoms with van der Waals surface area (Å²) in [5.41, 5.74) is 0.801. The van der Waals surface area contributed by atoms with Gasteiger partial charge in [0.15, 0.2) is 0 Å². The van der Waals surface area contributed by atoms with Gasteiger partial charge in [-0.15, -0.1) is 5.10 Å². The van der Waals surface area contributed by atoms with Crippen molar-refractivity contribution in [2.24, 2.45) is 0 Å². The number of furan rings is 1. The first-order valence-corrected chi connectivity index (χ1v) is 8.64. The third-order valence-corrected chi connectivity index (χ3v) is 4.44. The molecule has 0 N–H and O–H groups in total. The molecule has 0 atom stereocenters. The first kappa shape index (κ1) is 15.9. The molecule has 10 heteroatoms. The molecule has 3 aromatic heterocycles. The van der Waals surface area contributed by atoms with E-state index in [-0.39, 0.29) is 0 Å². The highest BCUT2D eigenvalue weighted by atomic mass is 35.5. The van der Waals surface area contributed by atoms with E-state index in [2.05, 4.69) is 25.7 Å². The number of halogens is 1. The fourth-order valence-corrected chi connectivity index (χ4v) is 3.04. The first-order valence-electron chi connectivity index (χ1n) is 7.28. The number of rotatable bonds is 6. The summed E-state index contributed by atoms with van der Waals surface area (Å²) in [6.07, 6.45) is 1.61. The molecule has 0 fully saturated rings. The molecule has 1 aromatic carbocycles. The molecule has 0 saturated heterocycles. The summed E-state index contributed by atoms with van der Waals surface area (Å²) in [5, 5.41) is 16.9. The highest BCUT2D eigenvalue weighted by Crippen LogP contribution is 2.23. The molecule has 0 aliphatic rings. The lowest BCUT2D eigenvalue weighted by Gasteiger charge is -2.00. The van der Waals surface area contributed by atoms with Crippen LogP contribution in [0, 0.1) is 0 Å². The van der Waals surface area contributed by atoms with Gasteiger partial charge in [-0.2, -0.15) is 4.98 Å². The number of tetrazole rings is 1. The predicted octanol–water partition coefficient (Wildman–Crippen LogP) is 3.31. The monoisotopic (exact) mass is 374 g/mol. The van der Waals surface area contributed by atoms with Crippen molar-refractivity contribution in [2.75, 3.05) is 0 Å². The number of thioether (sulfide) groups is 1. The van der Waals surface area contributed by atoms with Gasteiger partial charge in [0.25, 0.3) is 0 Å². The van der Waals surface area contributed by atoms with E-state index >= 15 is 0 Å². The summed E-state index contributed by atoms with van der Waals surface area (Å²) in [5.74, 6) is 2.20. The Morgan fingerprint density at radius 1 is 1.20 bits per heavy atom. The van der Waals surface area contributed by atoms with Crippen LogP contribution in [0.4, 0.5) is 0 Å². The molecule has 0 unspecified atom stereocenters. The Labute approximate surface area is 151 Å². The first-order chi connectivity index (χ1) is 12.3. The number of nitrogens with zero attached hydrogens (tertiary/aromatic N) is 6. The Bertz CT molecular complexity index is 968. The Morgan fingerprint density at radius 2 is 2.16 bits per heavy atom. The van der Waals surface area contributed by atoms with Crippen LogP contribution in [0.3, 0.4) is 0 Å². The molecule has 0 saturated carbocycles. The lowest BCUT2D eigenvalue weighted by molar-refractivity contribution is 0.391. The van der Waals surface area contributed by atoms with Gasteiger partial charge < -0.3 is 8.94 Å². The van der Waals surface area contributed by atoms with Crippen molar-refractivity contribution in [3.05, 3.63) is 59.3 Å². The molecule has 4 aromatic rings. The minimum absolute atomic E-state index is 0.450. The minimum atomic E-state index is 0.450. The van der Waals surface area contributed by atoms with Gasteiger partial charge in [0, 0.05) is 10.6 Å². The zero-order chi connectivity index (χ0) is 17.1. The zero-order valence-electron chi connectivity index (χ0n) is 12.7. The van der Waals surface area contributed by atoms with Crippen LogP contribution in [0.2, 0.25) is 5.02 Å². The van der Waals surface area contributed by atoms with Crippen LogP contribution in [0.1, 0.15) is 11.7 Å². The molecule has 0 radical (unpaired) electrons. The van der Waals surface area contributed by atoms with Gasteiger partial charge in [-0.1, -0.05) is 40.7 Å². The van der Waals surface area contributed by atoms with Gasteiger partial charge in [0.1, 0.15) is 12.3 Å². The second-order valence-electron chi connectivity index (χ2n) is 5.01. The summed E-state index contributed by atoms with van der Waals surface area (Å²) >= 11 is 7.39. The van der Waals surface area contributed by atoms with E-state index in [1.165, 1.54) is 11.8 Å². The number of aromatic nitrogens is 6. The fraction of sp³-hybridized carbons (Fsp3) is 0.133. The third kappa shape index (κ3) is 3.72. The number of hydrogen-bond donors (Lipinski definition) is 0. The van der Waals surface area contributed by atoms with Gasteiger partial charge in [0.2, 0.25) is 16.9 Å². The van der Waals surface area contributed by atoms with Crippen molar-refractivity contribution in [3.8, 4) is 11.4 Å². The maximum Gasteiger partial charge on any atom is 0.237 e. The van der Waals surface area contributed by atoms with E-state index in [0.29, 0.717) is 34.2 Å². The van der Waals surface area contributed by atoms with E-state index in [4.69, 9.17) is 20.5 Å². The van der Waals surface area contributed by atoms with Crippen LogP contribution in [0.25, 0.3) is 11.4 Å². The van der Waals surface area contributed by atoms with E-state index < -0.39 is 0 Å². The summed E-state index contributed by atoms with van der Waals surface area (Å²) in [6, 6.07) is 11.0. The largest absolute Gasteiger partial charge is 0.467 e. The quantitative estimate of drug-likeness (QED) is 0.474. The predicted molar refractivity (Wildman–Crippen MR) is 89.9 cm³/mol. The molecule has 4 rings (SSSR count). The summed E-state index contributed by atoms with van der Waals surface area (Å²) in [6.45, 7) is 0.458. The molecule has 126 valence electrons. The molecular weight excluding hydrogens is 364 g/mol. The van der Waals surface area contributed by atoms with Gasteiger partial charge in [0.05, 0.1) is 12.0 Å². The van der Waals surface area contributed by atoms with Crippen LogP contribution in [-0.4, -0.2) is 30.3 Å².